The number of ketones is 1. The van der Waals surface area contributed by atoms with E-state index in [1.807, 2.05) is 0 Å². The molecule has 1 aromatic rings. The highest BCUT2D eigenvalue weighted by Crippen LogP contribution is 2.38. The molecular weight excluding hydrogens is 256 g/mol. The first-order valence-corrected chi connectivity index (χ1v) is 6.22. The van der Waals surface area contributed by atoms with Crippen molar-refractivity contribution in [2.24, 2.45) is 5.92 Å². The molecule has 5 heteroatoms. The highest BCUT2D eigenvalue weighted by molar-refractivity contribution is 6.32. The van der Waals surface area contributed by atoms with Crippen molar-refractivity contribution in [1.29, 1.82) is 0 Å². The van der Waals surface area contributed by atoms with Gasteiger partial charge in [-0.2, -0.15) is 0 Å². The fourth-order valence-corrected chi connectivity index (χ4v) is 2.48. The van der Waals surface area contributed by atoms with E-state index in [-0.39, 0.29) is 11.9 Å². The Morgan fingerprint density at radius 2 is 2.17 bits per heavy atom. The van der Waals surface area contributed by atoms with Crippen LogP contribution in [-0.2, 0) is 4.74 Å². The predicted molar refractivity (Wildman–Crippen MR) is 65.7 cm³/mol. The van der Waals surface area contributed by atoms with Gasteiger partial charge in [0.15, 0.2) is 5.78 Å². The Labute approximate surface area is 110 Å². The zero-order valence-electron chi connectivity index (χ0n) is 9.94. The summed E-state index contributed by atoms with van der Waals surface area (Å²) in [7, 11) is 1.54. The van der Waals surface area contributed by atoms with Crippen LogP contribution in [0.3, 0.4) is 0 Å². The van der Waals surface area contributed by atoms with Gasteiger partial charge < -0.3 is 14.2 Å². The van der Waals surface area contributed by atoms with Crippen molar-refractivity contribution in [3.63, 3.8) is 0 Å². The molecule has 0 aliphatic carbocycles. The van der Waals surface area contributed by atoms with Gasteiger partial charge >= 0.3 is 0 Å². The van der Waals surface area contributed by atoms with Crippen molar-refractivity contribution in [2.45, 2.75) is 12.5 Å². The average Bonchev–Trinajstić information content (AvgIpc) is 2.27. The number of methoxy groups -OCH3 is 1. The van der Waals surface area contributed by atoms with Crippen molar-refractivity contribution in [3.05, 3.63) is 22.7 Å². The van der Waals surface area contributed by atoms with Crippen molar-refractivity contribution in [2.75, 3.05) is 20.3 Å². The van der Waals surface area contributed by atoms with Crippen molar-refractivity contribution >= 4 is 17.4 Å². The van der Waals surface area contributed by atoms with Crippen LogP contribution in [0, 0.1) is 5.92 Å². The maximum Gasteiger partial charge on any atom is 0.170 e. The molecule has 1 atom stereocenters. The van der Waals surface area contributed by atoms with Crippen LogP contribution in [0.1, 0.15) is 16.8 Å². The molecule has 1 unspecified atom stereocenters. The lowest BCUT2D eigenvalue weighted by Crippen LogP contribution is -2.44. The molecule has 2 heterocycles. The Kier molecular flexibility index (Phi) is 2.92. The molecule has 1 fully saturated rings. The summed E-state index contributed by atoms with van der Waals surface area (Å²) in [4.78, 5) is 12.1. The Morgan fingerprint density at radius 1 is 1.39 bits per heavy atom. The zero-order chi connectivity index (χ0) is 12.7. The van der Waals surface area contributed by atoms with E-state index >= 15 is 0 Å². The molecular formula is C13H13ClO4. The second kappa shape index (κ2) is 4.44. The van der Waals surface area contributed by atoms with Gasteiger partial charge in [0.05, 0.1) is 30.9 Å². The molecule has 3 rings (SSSR count). The van der Waals surface area contributed by atoms with Crippen molar-refractivity contribution in [1.82, 2.24) is 0 Å². The molecule has 0 radical (unpaired) electrons. The van der Waals surface area contributed by atoms with Gasteiger partial charge in [0.1, 0.15) is 17.6 Å². The minimum absolute atomic E-state index is 0.0673. The van der Waals surface area contributed by atoms with Crippen LogP contribution in [0.15, 0.2) is 12.1 Å². The Morgan fingerprint density at radius 3 is 2.78 bits per heavy atom. The third-order valence-electron chi connectivity index (χ3n) is 3.41. The third-order valence-corrected chi connectivity index (χ3v) is 3.70. The van der Waals surface area contributed by atoms with Crippen LogP contribution in [0.25, 0.3) is 0 Å². The van der Waals surface area contributed by atoms with Crippen LogP contribution >= 0.6 is 11.6 Å². The number of ether oxygens (including phenoxy) is 3. The second-order valence-corrected chi connectivity index (χ2v) is 4.97. The fraction of sp³-hybridized carbons (Fsp3) is 0.462. The van der Waals surface area contributed by atoms with E-state index < -0.39 is 0 Å². The van der Waals surface area contributed by atoms with Crippen LogP contribution in [0.2, 0.25) is 5.02 Å². The van der Waals surface area contributed by atoms with Crippen molar-refractivity contribution in [3.8, 4) is 11.5 Å². The summed E-state index contributed by atoms with van der Waals surface area (Å²) >= 11 is 6.01. The fourth-order valence-electron chi connectivity index (χ4n) is 2.24. The van der Waals surface area contributed by atoms with E-state index in [1.165, 1.54) is 7.11 Å². The first kappa shape index (κ1) is 11.8. The zero-order valence-corrected chi connectivity index (χ0v) is 10.7. The van der Waals surface area contributed by atoms with E-state index in [2.05, 4.69) is 0 Å². The lowest BCUT2D eigenvalue weighted by molar-refractivity contribution is -0.0840. The van der Waals surface area contributed by atoms with Gasteiger partial charge in [0.2, 0.25) is 0 Å². The highest BCUT2D eigenvalue weighted by atomic mass is 35.5. The van der Waals surface area contributed by atoms with Gasteiger partial charge in [-0.1, -0.05) is 11.6 Å². The van der Waals surface area contributed by atoms with Gasteiger partial charge in [-0.05, 0) is 6.07 Å². The number of Topliss-reactive ketones (excluding diaryl/α,β-unsaturated/α-hetero) is 1. The van der Waals surface area contributed by atoms with Gasteiger partial charge in [0.25, 0.3) is 0 Å². The molecule has 0 N–H and O–H groups in total. The number of carbonyl (C=O) groups excluding carboxylic acids is 1. The first-order valence-electron chi connectivity index (χ1n) is 5.84. The largest absolute Gasteiger partial charge is 0.495 e. The summed E-state index contributed by atoms with van der Waals surface area (Å²) < 4.78 is 16.1. The van der Waals surface area contributed by atoms with Gasteiger partial charge in [-0.15, -0.1) is 0 Å². The maximum atomic E-state index is 12.1. The minimum atomic E-state index is -0.0929. The number of benzene rings is 1. The van der Waals surface area contributed by atoms with Crippen LogP contribution in [0.5, 0.6) is 11.5 Å². The molecule has 1 aromatic carbocycles. The number of rotatable bonds is 2. The molecule has 96 valence electrons. The number of hydrogen-bond acceptors (Lipinski definition) is 4. The molecule has 0 saturated carbocycles. The second-order valence-electron chi connectivity index (χ2n) is 4.56. The monoisotopic (exact) mass is 268 g/mol. The molecule has 2 aliphatic rings. The highest BCUT2D eigenvalue weighted by Gasteiger charge is 2.36. The lowest BCUT2D eigenvalue weighted by atomic mass is 9.91. The first-order chi connectivity index (χ1) is 8.69. The average molecular weight is 269 g/mol. The third kappa shape index (κ3) is 1.85. The summed E-state index contributed by atoms with van der Waals surface area (Å²) in [6, 6.07) is 3.30. The molecule has 18 heavy (non-hydrogen) atoms. The van der Waals surface area contributed by atoms with E-state index in [0.29, 0.717) is 47.6 Å². The molecule has 2 aliphatic heterocycles. The van der Waals surface area contributed by atoms with Gasteiger partial charge in [-0.3, -0.25) is 4.79 Å². The Hall–Kier alpha value is -1.26. The Balaban J connectivity index is 1.94. The number of carbonyl (C=O) groups is 1. The van der Waals surface area contributed by atoms with Gasteiger partial charge in [-0.25, -0.2) is 0 Å². The summed E-state index contributed by atoms with van der Waals surface area (Å²) in [6.07, 6.45) is 0.300. The van der Waals surface area contributed by atoms with E-state index in [4.69, 9.17) is 25.8 Å². The number of fused-ring (bicyclic) bond motifs is 1. The number of halogens is 1. The van der Waals surface area contributed by atoms with Crippen LogP contribution in [-0.4, -0.2) is 32.2 Å². The smallest absolute Gasteiger partial charge is 0.170 e. The molecule has 0 aromatic heterocycles. The molecule has 0 bridgehead atoms. The summed E-state index contributed by atoms with van der Waals surface area (Å²) in [5, 5.41) is 0.429. The normalized spacial score (nSPS) is 23.0. The summed E-state index contributed by atoms with van der Waals surface area (Å²) in [6.45, 7) is 1.33. The quantitative estimate of drug-likeness (QED) is 0.826. The standard InChI is InChI=1S/C13H13ClO4/c1-16-13-4-12-8(2-9(13)14)10(15)3-11(18-12)7-5-17-6-7/h2,4,7,11H,3,5-6H2,1H3. The molecule has 0 amide bonds. The maximum absolute atomic E-state index is 12.1. The van der Waals surface area contributed by atoms with Gasteiger partial charge in [0, 0.05) is 18.4 Å². The predicted octanol–water partition coefficient (Wildman–Crippen LogP) is 2.33. The molecule has 1 saturated heterocycles. The van der Waals surface area contributed by atoms with E-state index in [1.54, 1.807) is 12.1 Å². The number of hydrogen-bond donors (Lipinski definition) is 0. The lowest BCUT2D eigenvalue weighted by Gasteiger charge is -2.36. The van der Waals surface area contributed by atoms with Crippen molar-refractivity contribution < 1.29 is 19.0 Å². The summed E-state index contributed by atoms with van der Waals surface area (Å²) in [5.74, 6) is 1.46. The Bertz CT molecular complexity index is 496. The van der Waals surface area contributed by atoms with E-state index in [0.717, 1.165) is 0 Å². The SMILES string of the molecule is COc1cc2c(cc1Cl)C(=O)CC(C1COC1)O2. The summed E-state index contributed by atoms with van der Waals surface area (Å²) in [5.41, 5.74) is 0.539. The van der Waals surface area contributed by atoms with Crippen LogP contribution in [0.4, 0.5) is 0 Å². The minimum Gasteiger partial charge on any atom is -0.495 e. The topological polar surface area (TPSA) is 44.8 Å². The van der Waals surface area contributed by atoms with E-state index in [9.17, 15) is 4.79 Å². The molecule has 0 spiro atoms. The molecule has 4 nitrogen and oxygen atoms in total. The van der Waals surface area contributed by atoms with Crippen LogP contribution < -0.4 is 9.47 Å².